The molecule has 1 aromatic carbocycles. The first-order valence-electron chi connectivity index (χ1n) is 8.47. The molecule has 0 radical (unpaired) electrons. The van der Waals surface area contributed by atoms with Gasteiger partial charge in [-0.05, 0) is 30.9 Å². The minimum atomic E-state index is -0.0621. The highest BCUT2D eigenvalue weighted by molar-refractivity contribution is 7.17. The Kier molecular flexibility index (Phi) is 4.86. The van der Waals surface area contributed by atoms with Crippen LogP contribution in [0, 0.1) is 6.92 Å². The molecule has 25 heavy (non-hydrogen) atoms. The SMILES string of the molecule is CC(=O)CCn1c(C)nc2scc(-c3ccc(C(C)C)cc3)c2c1=O. The molecule has 130 valence electrons. The number of benzene rings is 1. The second-order valence-corrected chi connectivity index (χ2v) is 7.53. The van der Waals surface area contributed by atoms with Crippen LogP contribution >= 0.6 is 11.3 Å². The van der Waals surface area contributed by atoms with Gasteiger partial charge in [-0.2, -0.15) is 0 Å². The first-order chi connectivity index (χ1) is 11.9. The highest BCUT2D eigenvalue weighted by atomic mass is 32.1. The molecule has 3 aromatic rings. The Bertz CT molecular complexity index is 981. The van der Waals surface area contributed by atoms with Gasteiger partial charge in [0.05, 0.1) is 5.39 Å². The van der Waals surface area contributed by atoms with Crippen LogP contribution in [0.25, 0.3) is 21.3 Å². The summed E-state index contributed by atoms with van der Waals surface area (Å²) in [6, 6.07) is 8.35. The molecule has 3 rings (SSSR count). The number of aromatic nitrogens is 2. The lowest BCUT2D eigenvalue weighted by Crippen LogP contribution is -2.24. The van der Waals surface area contributed by atoms with E-state index in [1.807, 2.05) is 12.3 Å². The Labute approximate surface area is 151 Å². The molecule has 2 aromatic heterocycles. The summed E-state index contributed by atoms with van der Waals surface area (Å²) in [6.07, 6.45) is 0.344. The maximum Gasteiger partial charge on any atom is 0.262 e. The topological polar surface area (TPSA) is 52.0 Å². The Morgan fingerprint density at radius 2 is 1.92 bits per heavy atom. The molecular formula is C20H22N2O2S. The summed E-state index contributed by atoms with van der Waals surface area (Å²) in [5, 5.41) is 2.65. The number of thiophene rings is 1. The van der Waals surface area contributed by atoms with E-state index in [-0.39, 0.29) is 11.3 Å². The Morgan fingerprint density at radius 3 is 2.52 bits per heavy atom. The predicted octanol–water partition coefficient (Wildman–Crippen LogP) is 4.54. The van der Waals surface area contributed by atoms with Gasteiger partial charge in [-0.15, -0.1) is 11.3 Å². The molecule has 0 aliphatic carbocycles. The molecule has 5 heteroatoms. The summed E-state index contributed by atoms with van der Waals surface area (Å²) in [4.78, 5) is 29.6. The third-order valence-corrected chi connectivity index (χ3v) is 5.33. The average Bonchev–Trinajstić information content (AvgIpc) is 2.98. The van der Waals surface area contributed by atoms with Gasteiger partial charge >= 0.3 is 0 Å². The van der Waals surface area contributed by atoms with E-state index < -0.39 is 0 Å². The normalized spacial score (nSPS) is 11.4. The number of hydrogen-bond donors (Lipinski definition) is 0. The van der Waals surface area contributed by atoms with Crippen molar-refractivity contribution in [3.63, 3.8) is 0 Å². The van der Waals surface area contributed by atoms with E-state index in [4.69, 9.17) is 0 Å². The van der Waals surface area contributed by atoms with Crippen molar-refractivity contribution < 1.29 is 4.79 Å². The molecule has 0 aliphatic heterocycles. The molecule has 0 unspecified atom stereocenters. The zero-order valence-electron chi connectivity index (χ0n) is 15.0. The van der Waals surface area contributed by atoms with Gasteiger partial charge in [0.15, 0.2) is 0 Å². The first-order valence-corrected chi connectivity index (χ1v) is 9.35. The Morgan fingerprint density at radius 1 is 1.24 bits per heavy atom. The summed E-state index contributed by atoms with van der Waals surface area (Å²) in [5.74, 6) is 1.20. The zero-order valence-corrected chi connectivity index (χ0v) is 15.8. The summed E-state index contributed by atoms with van der Waals surface area (Å²) in [6.45, 7) is 8.06. The quantitative estimate of drug-likeness (QED) is 0.676. The summed E-state index contributed by atoms with van der Waals surface area (Å²) in [5.41, 5.74) is 3.16. The van der Waals surface area contributed by atoms with E-state index in [2.05, 4.69) is 43.1 Å². The van der Waals surface area contributed by atoms with Crippen LogP contribution in [-0.2, 0) is 11.3 Å². The summed E-state index contributed by atoms with van der Waals surface area (Å²) < 4.78 is 1.61. The van der Waals surface area contributed by atoms with Crippen molar-refractivity contribution in [1.82, 2.24) is 9.55 Å². The monoisotopic (exact) mass is 354 g/mol. The molecule has 0 atom stereocenters. The smallest absolute Gasteiger partial charge is 0.262 e. The number of aryl methyl sites for hydroxylation is 1. The van der Waals surface area contributed by atoms with Crippen LogP contribution in [0.3, 0.4) is 0 Å². The number of nitrogens with zero attached hydrogens (tertiary/aromatic N) is 2. The molecule has 0 amide bonds. The van der Waals surface area contributed by atoms with Crippen LogP contribution in [0.2, 0.25) is 0 Å². The van der Waals surface area contributed by atoms with Crippen LogP contribution in [0.4, 0.5) is 0 Å². The molecule has 0 aliphatic rings. The third-order valence-electron chi connectivity index (χ3n) is 4.46. The number of ketones is 1. The largest absolute Gasteiger partial charge is 0.300 e. The molecule has 0 fully saturated rings. The van der Waals surface area contributed by atoms with Gasteiger partial charge in [0.25, 0.3) is 5.56 Å². The fraction of sp³-hybridized carbons (Fsp3) is 0.350. The number of carbonyl (C=O) groups excluding carboxylic acids is 1. The van der Waals surface area contributed by atoms with Crippen LogP contribution in [0.1, 0.15) is 44.5 Å². The Balaban J connectivity index is 2.12. The van der Waals surface area contributed by atoms with Gasteiger partial charge in [0.2, 0.25) is 0 Å². The van der Waals surface area contributed by atoms with Gasteiger partial charge in [0, 0.05) is 23.9 Å². The van der Waals surface area contributed by atoms with E-state index in [0.717, 1.165) is 16.0 Å². The van der Waals surface area contributed by atoms with Gasteiger partial charge < -0.3 is 0 Å². The molecule has 2 heterocycles. The lowest BCUT2D eigenvalue weighted by Gasteiger charge is -2.10. The van der Waals surface area contributed by atoms with Crippen molar-refractivity contribution in [1.29, 1.82) is 0 Å². The minimum absolute atomic E-state index is 0.0621. The highest BCUT2D eigenvalue weighted by Crippen LogP contribution is 2.31. The molecule has 0 saturated carbocycles. The Hall–Kier alpha value is -2.27. The summed E-state index contributed by atoms with van der Waals surface area (Å²) in [7, 11) is 0. The zero-order chi connectivity index (χ0) is 18.1. The van der Waals surface area contributed by atoms with E-state index in [0.29, 0.717) is 30.1 Å². The van der Waals surface area contributed by atoms with Crippen LogP contribution in [0.15, 0.2) is 34.4 Å². The minimum Gasteiger partial charge on any atom is -0.300 e. The van der Waals surface area contributed by atoms with Crippen molar-refractivity contribution >= 4 is 27.3 Å². The van der Waals surface area contributed by atoms with Crippen LogP contribution in [0.5, 0.6) is 0 Å². The van der Waals surface area contributed by atoms with E-state index >= 15 is 0 Å². The maximum absolute atomic E-state index is 13.0. The highest BCUT2D eigenvalue weighted by Gasteiger charge is 2.15. The van der Waals surface area contributed by atoms with Crippen LogP contribution in [-0.4, -0.2) is 15.3 Å². The number of carbonyl (C=O) groups is 1. The van der Waals surface area contributed by atoms with Crippen molar-refractivity contribution in [2.45, 2.75) is 46.6 Å². The fourth-order valence-electron chi connectivity index (χ4n) is 2.92. The van der Waals surface area contributed by atoms with Crippen molar-refractivity contribution in [3.05, 3.63) is 51.4 Å². The number of fused-ring (bicyclic) bond motifs is 1. The van der Waals surface area contributed by atoms with Gasteiger partial charge in [0.1, 0.15) is 16.4 Å². The van der Waals surface area contributed by atoms with Gasteiger partial charge in [-0.1, -0.05) is 38.1 Å². The standard InChI is InChI=1S/C20H22N2O2S/c1-12(2)15-5-7-16(8-6-15)17-11-25-19-18(17)20(24)22(14(4)21-19)10-9-13(3)23/h5-8,11-12H,9-10H2,1-4H3. The molecule has 0 saturated heterocycles. The van der Waals surface area contributed by atoms with Crippen LogP contribution < -0.4 is 5.56 Å². The van der Waals surface area contributed by atoms with Gasteiger partial charge in [-0.25, -0.2) is 4.98 Å². The number of Topliss-reactive ketones (excluding diaryl/α,β-unsaturated/α-hetero) is 1. The molecule has 0 N–H and O–H groups in total. The van der Waals surface area contributed by atoms with Crippen molar-refractivity contribution in [2.75, 3.05) is 0 Å². The second kappa shape index (κ2) is 6.92. The lowest BCUT2D eigenvalue weighted by atomic mass is 9.99. The molecular weight excluding hydrogens is 332 g/mol. The lowest BCUT2D eigenvalue weighted by molar-refractivity contribution is -0.117. The number of rotatable bonds is 5. The number of hydrogen-bond acceptors (Lipinski definition) is 4. The maximum atomic E-state index is 13.0. The van der Waals surface area contributed by atoms with E-state index in [9.17, 15) is 9.59 Å². The van der Waals surface area contributed by atoms with Crippen molar-refractivity contribution in [3.8, 4) is 11.1 Å². The summed E-state index contributed by atoms with van der Waals surface area (Å²) >= 11 is 1.49. The first kappa shape index (κ1) is 17.5. The van der Waals surface area contributed by atoms with Gasteiger partial charge in [-0.3, -0.25) is 14.2 Å². The third kappa shape index (κ3) is 3.42. The average molecular weight is 354 g/mol. The van der Waals surface area contributed by atoms with E-state index in [1.165, 1.54) is 16.9 Å². The molecule has 0 bridgehead atoms. The van der Waals surface area contributed by atoms with E-state index in [1.54, 1.807) is 11.5 Å². The molecule has 4 nitrogen and oxygen atoms in total. The predicted molar refractivity (Wildman–Crippen MR) is 103 cm³/mol. The van der Waals surface area contributed by atoms with Crippen molar-refractivity contribution in [2.24, 2.45) is 0 Å². The second-order valence-electron chi connectivity index (χ2n) is 6.67. The fourth-order valence-corrected chi connectivity index (χ4v) is 3.90. The molecule has 0 spiro atoms.